The van der Waals surface area contributed by atoms with Crippen molar-refractivity contribution in [1.29, 1.82) is 0 Å². The third-order valence-corrected chi connectivity index (χ3v) is 3.73. The summed E-state index contributed by atoms with van der Waals surface area (Å²) in [5.41, 5.74) is 2.28. The van der Waals surface area contributed by atoms with Gasteiger partial charge < -0.3 is 4.74 Å². The minimum absolute atomic E-state index is 0.248. The van der Waals surface area contributed by atoms with Gasteiger partial charge in [-0.1, -0.05) is 67.6 Å². The largest absolute Gasteiger partial charge is 0.365 e. The van der Waals surface area contributed by atoms with Crippen LogP contribution in [-0.2, 0) is 10.3 Å². The third-order valence-electron chi connectivity index (χ3n) is 3.73. The molecule has 1 nitrogen and oxygen atoms in total. The number of hydrogen-bond donors (Lipinski definition) is 0. The zero-order valence-corrected chi connectivity index (χ0v) is 10.7. The van der Waals surface area contributed by atoms with E-state index in [1.165, 1.54) is 11.1 Å². The van der Waals surface area contributed by atoms with Crippen molar-refractivity contribution in [3.63, 3.8) is 0 Å². The monoisotopic (exact) mass is 238 g/mol. The van der Waals surface area contributed by atoms with Crippen LogP contribution < -0.4 is 0 Å². The summed E-state index contributed by atoms with van der Waals surface area (Å²) in [5, 5.41) is 0. The lowest BCUT2D eigenvalue weighted by atomic mass is 9.82. The molecule has 1 heteroatoms. The Bertz CT molecular complexity index is 464. The number of benzene rings is 2. The van der Waals surface area contributed by atoms with E-state index in [2.05, 4.69) is 67.6 Å². The molecule has 18 heavy (non-hydrogen) atoms. The highest BCUT2D eigenvalue weighted by molar-refractivity contribution is 5.37. The lowest BCUT2D eigenvalue weighted by molar-refractivity contribution is 0.0346. The molecule has 1 atom stereocenters. The summed E-state index contributed by atoms with van der Waals surface area (Å²) < 4.78 is 6.22. The van der Waals surface area contributed by atoms with E-state index in [-0.39, 0.29) is 5.60 Å². The first-order valence-corrected chi connectivity index (χ1v) is 6.56. The Hall–Kier alpha value is -1.60. The molecule has 1 aliphatic heterocycles. The SMILES string of the molecule is CC1COC(c2ccccc2)(c2ccccc2)C1. The number of ether oxygens (including phenoxy) is 1. The van der Waals surface area contributed by atoms with Gasteiger partial charge in [-0.3, -0.25) is 0 Å². The summed E-state index contributed by atoms with van der Waals surface area (Å²) in [7, 11) is 0. The molecule has 2 aromatic rings. The molecule has 1 aliphatic rings. The average Bonchev–Trinajstić information content (AvgIpc) is 2.84. The highest BCUT2D eigenvalue weighted by Gasteiger charge is 2.41. The van der Waals surface area contributed by atoms with E-state index in [1.54, 1.807) is 0 Å². The van der Waals surface area contributed by atoms with Crippen molar-refractivity contribution in [2.24, 2.45) is 5.92 Å². The van der Waals surface area contributed by atoms with Gasteiger partial charge >= 0.3 is 0 Å². The van der Waals surface area contributed by atoms with Crippen LogP contribution in [0.25, 0.3) is 0 Å². The maximum atomic E-state index is 6.22. The van der Waals surface area contributed by atoms with Gasteiger partial charge in [0, 0.05) is 0 Å². The summed E-state index contributed by atoms with van der Waals surface area (Å²) in [6.45, 7) is 3.09. The van der Waals surface area contributed by atoms with E-state index < -0.39 is 0 Å². The predicted octanol–water partition coefficient (Wildman–Crippen LogP) is 3.99. The van der Waals surface area contributed by atoms with E-state index in [9.17, 15) is 0 Å². The fourth-order valence-electron chi connectivity index (χ4n) is 2.88. The number of rotatable bonds is 2. The van der Waals surface area contributed by atoms with E-state index in [1.807, 2.05) is 0 Å². The van der Waals surface area contributed by atoms with Crippen LogP contribution in [0.1, 0.15) is 24.5 Å². The molecule has 0 N–H and O–H groups in total. The van der Waals surface area contributed by atoms with Gasteiger partial charge in [0.15, 0.2) is 0 Å². The van der Waals surface area contributed by atoms with E-state index in [0.29, 0.717) is 5.92 Å². The lowest BCUT2D eigenvalue weighted by Gasteiger charge is -2.29. The Labute approximate surface area is 108 Å². The molecule has 0 aromatic heterocycles. The fourth-order valence-corrected chi connectivity index (χ4v) is 2.88. The second-order valence-electron chi connectivity index (χ2n) is 5.18. The molecular weight excluding hydrogens is 220 g/mol. The van der Waals surface area contributed by atoms with Crippen LogP contribution in [0.15, 0.2) is 60.7 Å². The molecule has 0 spiro atoms. The molecule has 92 valence electrons. The molecule has 1 saturated heterocycles. The molecule has 3 rings (SSSR count). The van der Waals surface area contributed by atoms with Crippen molar-refractivity contribution < 1.29 is 4.74 Å². The minimum Gasteiger partial charge on any atom is -0.365 e. The van der Waals surface area contributed by atoms with Crippen LogP contribution >= 0.6 is 0 Å². The predicted molar refractivity (Wildman–Crippen MR) is 73.4 cm³/mol. The molecular formula is C17H18O. The Balaban J connectivity index is 2.11. The normalized spacial score (nSPS) is 21.9. The summed E-state index contributed by atoms with van der Waals surface area (Å²) >= 11 is 0. The Morgan fingerprint density at radius 3 is 1.78 bits per heavy atom. The van der Waals surface area contributed by atoms with Gasteiger partial charge in [-0.15, -0.1) is 0 Å². The highest BCUT2D eigenvalue weighted by atomic mass is 16.5. The third kappa shape index (κ3) is 1.85. The standard InChI is InChI=1S/C17H18O/c1-14-12-17(18-13-14,15-8-4-2-5-9-15)16-10-6-3-7-11-16/h2-11,14H,12-13H2,1H3. The summed E-state index contributed by atoms with van der Waals surface area (Å²) in [6.07, 6.45) is 1.06. The Kier molecular flexibility index (Phi) is 2.92. The van der Waals surface area contributed by atoms with E-state index in [4.69, 9.17) is 4.74 Å². The maximum absolute atomic E-state index is 6.22. The molecule has 0 amide bonds. The molecule has 1 heterocycles. The average molecular weight is 238 g/mol. The van der Waals surface area contributed by atoms with Crippen molar-refractivity contribution in [2.45, 2.75) is 18.9 Å². The van der Waals surface area contributed by atoms with Crippen molar-refractivity contribution in [1.82, 2.24) is 0 Å². The molecule has 0 radical (unpaired) electrons. The van der Waals surface area contributed by atoms with Crippen LogP contribution in [0.4, 0.5) is 0 Å². The quantitative estimate of drug-likeness (QED) is 0.768. The molecule has 1 fully saturated rings. The second kappa shape index (κ2) is 4.58. The maximum Gasteiger partial charge on any atom is 0.118 e. The van der Waals surface area contributed by atoms with Gasteiger partial charge in [0.1, 0.15) is 5.60 Å². The van der Waals surface area contributed by atoms with Gasteiger partial charge in [-0.2, -0.15) is 0 Å². The fraction of sp³-hybridized carbons (Fsp3) is 0.294. The summed E-state index contributed by atoms with van der Waals surface area (Å²) in [5.74, 6) is 0.602. The zero-order chi connectivity index (χ0) is 12.4. The van der Waals surface area contributed by atoms with Crippen LogP contribution in [0.5, 0.6) is 0 Å². The van der Waals surface area contributed by atoms with Crippen molar-refractivity contribution in [3.8, 4) is 0 Å². The zero-order valence-electron chi connectivity index (χ0n) is 10.7. The topological polar surface area (TPSA) is 9.23 Å². The van der Waals surface area contributed by atoms with E-state index in [0.717, 1.165) is 13.0 Å². The van der Waals surface area contributed by atoms with Crippen LogP contribution in [0, 0.1) is 5.92 Å². The molecule has 0 bridgehead atoms. The van der Waals surface area contributed by atoms with Gasteiger partial charge in [-0.25, -0.2) is 0 Å². The van der Waals surface area contributed by atoms with E-state index >= 15 is 0 Å². The van der Waals surface area contributed by atoms with Gasteiger partial charge in [0.05, 0.1) is 6.61 Å². The smallest absolute Gasteiger partial charge is 0.118 e. The van der Waals surface area contributed by atoms with Crippen LogP contribution in [0.3, 0.4) is 0 Å². The summed E-state index contributed by atoms with van der Waals surface area (Å²) in [6, 6.07) is 21.2. The lowest BCUT2D eigenvalue weighted by Crippen LogP contribution is -2.26. The van der Waals surface area contributed by atoms with Crippen molar-refractivity contribution >= 4 is 0 Å². The van der Waals surface area contributed by atoms with Crippen LogP contribution in [-0.4, -0.2) is 6.61 Å². The molecule has 0 saturated carbocycles. The minimum atomic E-state index is -0.248. The first-order valence-electron chi connectivity index (χ1n) is 6.56. The molecule has 0 aliphatic carbocycles. The van der Waals surface area contributed by atoms with Crippen LogP contribution in [0.2, 0.25) is 0 Å². The molecule has 2 aromatic carbocycles. The second-order valence-corrected chi connectivity index (χ2v) is 5.18. The van der Waals surface area contributed by atoms with Gasteiger partial charge in [-0.05, 0) is 23.5 Å². The van der Waals surface area contributed by atoms with Gasteiger partial charge in [0.2, 0.25) is 0 Å². The summed E-state index contributed by atoms with van der Waals surface area (Å²) in [4.78, 5) is 0. The first-order chi connectivity index (χ1) is 8.81. The molecule has 1 unspecified atom stereocenters. The van der Waals surface area contributed by atoms with Gasteiger partial charge in [0.25, 0.3) is 0 Å². The van der Waals surface area contributed by atoms with Crippen molar-refractivity contribution in [3.05, 3.63) is 71.8 Å². The Morgan fingerprint density at radius 2 is 1.39 bits per heavy atom. The number of hydrogen-bond acceptors (Lipinski definition) is 1. The highest BCUT2D eigenvalue weighted by Crippen LogP contribution is 2.44. The van der Waals surface area contributed by atoms with Crippen molar-refractivity contribution in [2.75, 3.05) is 6.61 Å². The first kappa shape index (κ1) is 11.5. The Morgan fingerprint density at radius 1 is 0.889 bits per heavy atom.